The van der Waals surface area contributed by atoms with Crippen molar-refractivity contribution in [3.63, 3.8) is 0 Å². The molecule has 0 aromatic rings. The fraction of sp³-hybridized carbons (Fsp3) is 1.00. The molecular formula is C30H61NO. The molecule has 1 atom stereocenters. The fourth-order valence-corrected chi connectivity index (χ4v) is 4.87. The summed E-state index contributed by atoms with van der Waals surface area (Å²) in [6.07, 6.45) is 36.6. The molecule has 0 aliphatic carbocycles. The molecule has 0 aliphatic rings. The van der Waals surface area contributed by atoms with Crippen LogP contribution in [-0.4, -0.2) is 6.04 Å². The maximum Gasteiger partial charge on any atom is 0.0919 e. The van der Waals surface area contributed by atoms with E-state index in [1.54, 1.807) is 0 Å². The molecule has 0 spiro atoms. The van der Waals surface area contributed by atoms with Gasteiger partial charge in [-0.2, -0.15) is 4.91 Å². The van der Waals surface area contributed by atoms with E-state index in [0.717, 1.165) is 12.8 Å². The van der Waals surface area contributed by atoms with Gasteiger partial charge in [0.2, 0.25) is 0 Å². The van der Waals surface area contributed by atoms with E-state index >= 15 is 0 Å². The molecule has 0 saturated carbocycles. The molecule has 0 aliphatic heterocycles. The zero-order valence-electron chi connectivity index (χ0n) is 22.5. The summed E-state index contributed by atoms with van der Waals surface area (Å²) in [5.74, 6) is 0. The van der Waals surface area contributed by atoms with Crippen LogP contribution in [0, 0.1) is 4.91 Å². The van der Waals surface area contributed by atoms with Crippen LogP contribution in [0.3, 0.4) is 0 Å². The minimum absolute atomic E-state index is 0.0888. The van der Waals surface area contributed by atoms with E-state index in [9.17, 15) is 4.91 Å². The van der Waals surface area contributed by atoms with E-state index < -0.39 is 0 Å². The number of nitrogens with zero attached hydrogens (tertiary/aromatic N) is 1. The van der Waals surface area contributed by atoms with Crippen molar-refractivity contribution in [1.29, 1.82) is 0 Å². The molecule has 2 heteroatoms. The van der Waals surface area contributed by atoms with Crippen molar-refractivity contribution in [2.24, 2.45) is 5.18 Å². The molecule has 0 rings (SSSR count). The summed E-state index contributed by atoms with van der Waals surface area (Å²) >= 11 is 0. The first kappa shape index (κ1) is 31.6. The minimum atomic E-state index is 0.0888. The van der Waals surface area contributed by atoms with Crippen LogP contribution in [0.2, 0.25) is 0 Å². The first-order valence-electron chi connectivity index (χ1n) is 15.2. The minimum Gasteiger partial charge on any atom is -0.151 e. The largest absolute Gasteiger partial charge is 0.151 e. The van der Waals surface area contributed by atoms with Crippen LogP contribution in [0.4, 0.5) is 0 Å². The third-order valence-electron chi connectivity index (χ3n) is 7.18. The Morgan fingerprint density at radius 3 is 0.812 bits per heavy atom. The number of rotatable bonds is 28. The fourth-order valence-electron chi connectivity index (χ4n) is 4.87. The number of nitroso groups, excluding NO2 is 1. The number of hydrogen-bond donors (Lipinski definition) is 0. The molecule has 192 valence electrons. The molecule has 0 aromatic carbocycles. The molecule has 1 unspecified atom stereocenters. The average Bonchev–Trinajstić information content (AvgIpc) is 2.81. The van der Waals surface area contributed by atoms with Crippen LogP contribution in [0.15, 0.2) is 5.18 Å². The Kier molecular flexibility index (Phi) is 28.3. The molecule has 0 N–H and O–H groups in total. The lowest BCUT2D eigenvalue weighted by Crippen LogP contribution is -2.03. The van der Waals surface area contributed by atoms with Gasteiger partial charge in [-0.15, -0.1) is 0 Å². The third kappa shape index (κ3) is 25.9. The van der Waals surface area contributed by atoms with Gasteiger partial charge in [0.25, 0.3) is 0 Å². The summed E-state index contributed by atoms with van der Waals surface area (Å²) in [5.41, 5.74) is 0. The summed E-state index contributed by atoms with van der Waals surface area (Å²) in [4.78, 5) is 11.1. The molecule has 0 radical (unpaired) electrons. The lowest BCUT2D eigenvalue weighted by molar-refractivity contribution is 0.477. The number of hydrogen-bond acceptors (Lipinski definition) is 2. The van der Waals surface area contributed by atoms with Gasteiger partial charge in [-0.25, -0.2) is 0 Å². The summed E-state index contributed by atoms with van der Waals surface area (Å²) in [6.45, 7) is 4.57. The van der Waals surface area contributed by atoms with Gasteiger partial charge < -0.3 is 0 Å². The highest BCUT2D eigenvalue weighted by atomic mass is 16.3. The second kappa shape index (κ2) is 28.6. The summed E-state index contributed by atoms with van der Waals surface area (Å²) in [6, 6.07) is 0.0888. The predicted octanol–water partition coefficient (Wildman–Crippen LogP) is 11.7. The third-order valence-corrected chi connectivity index (χ3v) is 7.18. The maximum absolute atomic E-state index is 11.1. The van der Waals surface area contributed by atoms with Crippen LogP contribution in [0.5, 0.6) is 0 Å². The van der Waals surface area contributed by atoms with Crippen LogP contribution in [0.25, 0.3) is 0 Å². The topological polar surface area (TPSA) is 29.4 Å². The molecule has 0 saturated heterocycles. The second-order valence-corrected chi connectivity index (χ2v) is 10.5. The van der Waals surface area contributed by atoms with E-state index in [1.165, 1.54) is 161 Å². The normalized spacial score (nSPS) is 12.3. The lowest BCUT2D eigenvalue weighted by atomic mass is 10.00. The van der Waals surface area contributed by atoms with Crippen molar-refractivity contribution < 1.29 is 0 Å². The first-order valence-corrected chi connectivity index (χ1v) is 15.2. The summed E-state index contributed by atoms with van der Waals surface area (Å²) in [5, 5.41) is 3.42. The highest BCUT2D eigenvalue weighted by Crippen LogP contribution is 2.18. The van der Waals surface area contributed by atoms with Crippen LogP contribution >= 0.6 is 0 Å². The Morgan fingerprint density at radius 2 is 0.594 bits per heavy atom. The van der Waals surface area contributed by atoms with Gasteiger partial charge in [0.1, 0.15) is 0 Å². The Balaban J connectivity index is 3.27. The van der Waals surface area contributed by atoms with E-state index in [4.69, 9.17) is 0 Å². The quantitative estimate of drug-likeness (QED) is 0.0858. The van der Waals surface area contributed by atoms with Gasteiger partial charge >= 0.3 is 0 Å². The molecular weight excluding hydrogens is 390 g/mol. The van der Waals surface area contributed by atoms with Gasteiger partial charge in [0.05, 0.1) is 6.04 Å². The van der Waals surface area contributed by atoms with E-state index in [0.29, 0.717) is 0 Å². The average molecular weight is 452 g/mol. The molecule has 0 bridgehead atoms. The zero-order chi connectivity index (χ0) is 23.4. The standard InChI is InChI=1S/C30H61NO/c1-3-5-7-9-11-13-15-16-17-19-21-23-25-27-29-30(31-32)28-26-24-22-20-18-14-12-10-8-6-4-2/h30H,3-29H2,1-2H3. The van der Waals surface area contributed by atoms with Gasteiger partial charge in [-0.1, -0.05) is 180 Å². The molecule has 32 heavy (non-hydrogen) atoms. The smallest absolute Gasteiger partial charge is 0.0919 e. The van der Waals surface area contributed by atoms with E-state index in [1.807, 2.05) is 0 Å². The van der Waals surface area contributed by atoms with Crippen LogP contribution in [0.1, 0.15) is 187 Å². The van der Waals surface area contributed by atoms with Crippen molar-refractivity contribution in [3.05, 3.63) is 4.91 Å². The number of unbranched alkanes of at least 4 members (excludes halogenated alkanes) is 23. The zero-order valence-corrected chi connectivity index (χ0v) is 22.5. The van der Waals surface area contributed by atoms with Crippen molar-refractivity contribution in [2.75, 3.05) is 0 Å². The van der Waals surface area contributed by atoms with Crippen LogP contribution in [-0.2, 0) is 0 Å². The SMILES string of the molecule is CCCCCCCCCCCCCCCCC(CCCCCCCCCCCCC)N=O. The lowest BCUT2D eigenvalue weighted by Gasteiger charge is -2.09. The molecule has 0 amide bonds. The molecule has 0 aromatic heterocycles. The predicted molar refractivity (Wildman–Crippen MR) is 146 cm³/mol. The maximum atomic E-state index is 11.1. The molecule has 2 nitrogen and oxygen atoms in total. The molecule has 0 heterocycles. The Bertz CT molecular complexity index is 344. The highest BCUT2D eigenvalue weighted by Gasteiger charge is 2.08. The summed E-state index contributed by atoms with van der Waals surface area (Å²) < 4.78 is 0. The van der Waals surface area contributed by atoms with E-state index in [-0.39, 0.29) is 6.04 Å². The van der Waals surface area contributed by atoms with Crippen molar-refractivity contribution in [1.82, 2.24) is 0 Å². The Hall–Kier alpha value is -0.400. The van der Waals surface area contributed by atoms with Gasteiger partial charge in [0.15, 0.2) is 0 Å². The van der Waals surface area contributed by atoms with Crippen LogP contribution < -0.4 is 0 Å². The Morgan fingerprint density at radius 1 is 0.375 bits per heavy atom. The van der Waals surface area contributed by atoms with Gasteiger partial charge in [0, 0.05) is 0 Å². The second-order valence-electron chi connectivity index (χ2n) is 10.5. The van der Waals surface area contributed by atoms with Crippen molar-refractivity contribution in [2.45, 2.75) is 193 Å². The highest BCUT2D eigenvalue weighted by molar-refractivity contribution is 4.66. The van der Waals surface area contributed by atoms with Crippen molar-refractivity contribution >= 4 is 0 Å². The summed E-state index contributed by atoms with van der Waals surface area (Å²) in [7, 11) is 0. The van der Waals surface area contributed by atoms with Crippen molar-refractivity contribution in [3.8, 4) is 0 Å². The first-order chi connectivity index (χ1) is 15.8. The van der Waals surface area contributed by atoms with E-state index in [2.05, 4.69) is 19.0 Å². The Labute approximate surface area is 203 Å². The monoisotopic (exact) mass is 451 g/mol. The molecule has 0 fully saturated rings. The van der Waals surface area contributed by atoms with Gasteiger partial charge in [-0.3, -0.25) is 0 Å². The van der Waals surface area contributed by atoms with Gasteiger partial charge in [-0.05, 0) is 12.8 Å².